The highest BCUT2D eigenvalue weighted by atomic mass is 16.8. The fourth-order valence-corrected chi connectivity index (χ4v) is 0.980. The van der Waals surface area contributed by atoms with E-state index in [-0.39, 0.29) is 6.10 Å². The standard InChI is InChI=1S/C6H11NO4/c1-5-4-7(2-3-10-5)11-6(8)9/h5H,2-4H2,1H3,(H,8,9). The van der Waals surface area contributed by atoms with Crippen LogP contribution in [0.25, 0.3) is 0 Å². The SMILES string of the molecule is CC1CN(OC(=O)O)CCO1. The monoisotopic (exact) mass is 161 g/mol. The van der Waals surface area contributed by atoms with Crippen molar-refractivity contribution >= 4 is 6.16 Å². The highest BCUT2D eigenvalue weighted by molar-refractivity contribution is 5.56. The molecule has 0 aliphatic carbocycles. The minimum absolute atomic E-state index is 0.0445. The number of carbonyl (C=O) groups is 1. The molecule has 0 saturated carbocycles. The fraction of sp³-hybridized carbons (Fsp3) is 0.833. The zero-order valence-electron chi connectivity index (χ0n) is 6.32. The van der Waals surface area contributed by atoms with Gasteiger partial charge in [-0.1, -0.05) is 0 Å². The van der Waals surface area contributed by atoms with E-state index in [1.807, 2.05) is 6.92 Å². The molecule has 5 nitrogen and oxygen atoms in total. The topological polar surface area (TPSA) is 59.0 Å². The Kier molecular flexibility index (Phi) is 2.67. The minimum atomic E-state index is -1.26. The van der Waals surface area contributed by atoms with Crippen LogP contribution in [0.2, 0.25) is 0 Å². The summed E-state index contributed by atoms with van der Waals surface area (Å²) >= 11 is 0. The Hall–Kier alpha value is -0.810. The molecular weight excluding hydrogens is 150 g/mol. The van der Waals surface area contributed by atoms with Gasteiger partial charge in [0.15, 0.2) is 0 Å². The Balaban J connectivity index is 2.28. The highest BCUT2D eigenvalue weighted by Gasteiger charge is 2.19. The van der Waals surface area contributed by atoms with Crippen molar-refractivity contribution in [3.8, 4) is 0 Å². The van der Waals surface area contributed by atoms with Crippen molar-refractivity contribution in [1.82, 2.24) is 5.06 Å². The molecule has 11 heavy (non-hydrogen) atoms. The molecule has 0 amide bonds. The number of rotatable bonds is 1. The zero-order chi connectivity index (χ0) is 8.27. The molecule has 5 heteroatoms. The van der Waals surface area contributed by atoms with Crippen molar-refractivity contribution in [3.05, 3.63) is 0 Å². The summed E-state index contributed by atoms with van der Waals surface area (Å²) in [6, 6.07) is 0. The summed E-state index contributed by atoms with van der Waals surface area (Å²) < 4.78 is 5.18. The van der Waals surface area contributed by atoms with Crippen LogP contribution in [-0.4, -0.2) is 42.1 Å². The summed E-state index contributed by atoms with van der Waals surface area (Å²) in [5.74, 6) is 0. The van der Waals surface area contributed by atoms with Gasteiger partial charge in [-0.25, -0.2) is 4.79 Å². The van der Waals surface area contributed by atoms with Gasteiger partial charge >= 0.3 is 6.16 Å². The maximum absolute atomic E-state index is 10.1. The maximum atomic E-state index is 10.1. The number of morpholine rings is 1. The van der Waals surface area contributed by atoms with E-state index in [9.17, 15) is 4.79 Å². The predicted octanol–water partition coefficient (Wildman–Crippen LogP) is 0.317. The van der Waals surface area contributed by atoms with E-state index in [0.717, 1.165) is 0 Å². The number of ether oxygens (including phenoxy) is 1. The molecule has 0 spiro atoms. The van der Waals surface area contributed by atoms with Gasteiger partial charge < -0.3 is 14.7 Å². The normalized spacial score (nSPS) is 26.5. The lowest BCUT2D eigenvalue weighted by Gasteiger charge is -2.28. The lowest BCUT2D eigenvalue weighted by molar-refractivity contribution is -0.177. The molecule has 1 rings (SSSR count). The van der Waals surface area contributed by atoms with Crippen molar-refractivity contribution < 1.29 is 19.5 Å². The third-order valence-corrected chi connectivity index (χ3v) is 1.41. The third-order valence-electron chi connectivity index (χ3n) is 1.41. The number of hydrogen-bond acceptors (Lipinski definition) is 4. The molecule has 1 N–H and O–H groups in total. The summed E-state index contributed by atoms with van der Waals surface area (Å²) in [4.78, 5) is 14.5. The van der Waals surface area contributed by atoms with Crippen molar-refractivity contribution in [1.29, 1.82) is 0 Å². The largest absolute Gasteiger partial charge is 0.525 e. The average molecular weight is 161 g/mol. The predicted molar refractivity (Wildman–Crippen MR) is 36.1 cm³/mol. The van der Waals surface area contributed by atoms with E-state index < -0.39 is 6.16 Å². The molecule has 0 aromatic heterocycles. The second kappa shape index (κ2) is 3.54. The van der Waals surface area contributed by atoms with E-state index in [1.54, 1.807) is 0 Å². The van der Waals surface area contributed by atoms with E-state index in [0.29, 0.717) is 19.7 Å². The molecule has 1 unspecified atom stereocenters. The Bertz CT molecular complexity index is 150. The summed E-state index contributed by atoms with van der Waals surface area (Å²) in [6.07, 6.45) is -1.22. The first-order valence-corrected chi connectivity index (χ1v) is 3.46. The first-order chi connectivity index (χ1) is 5.18. The second-order valence-corrected chi connectivity index (χ2v) is 2.43. The third kappa shape index (κ3) is 2.73. The van der Waals surface area contributed by atoms with Crippen LogP contribution in [0.15, 0.2) is 0 Å². The van der Waals surface area contributed by atoms with Gasteiger partial charge in [-0.15, -0.1) is 5.06 Å². The van der Waals surface area contributed by atoms with Gasteiger partial charge in [0.25, 0.3) is 0 Å². The maximum Gasteiger partial charge on any atom is 0.525 e. The van der Waals surface area contributed by atoms with Gasteiger partial charge in [-0.3, -0.25) is 0 Å². The van der Waals surface area contributed by atoms with Crippen LogP contribution in [0.4, 0.5) is 4.79 Å². The Morgan fingerprint density at radius 3 is 3.09 bits per heavy atom. The minimum Gasteiger partial charge on any atom is -0.448 e. The van der Waals surface area contributed by atoms with Gasteiger partial charge in [-0.05, 0) is 6.92 Å². The van der Waals surface area contributed by atoms with Crippen molar-refractivity contribution in [2.75, 3.05) is 19.7 Å². The van der Waals surface area contributed by atoms with Gasteiger partial charge in [-0.2, -0.15) is 0 Å². The Morgan fingerprint density at radius 2 is 2.55 bits per heavy atom. The van der Waals surface area contributed by atoms with Gasteiger partial charge in [0.2, 0.25) is 0 Å². The number of hydrogen-bond donors (Lipinski definition) is 1. The molecule has 1 fully saturated rings. The molecule has 0 radical (unpaired) electrons. The fourth-order valence-electron chi connectivity index (χ4n) is 0.980. The summed E-state index contributed by atoms with van der Waals surface area (Å²) in [5, 5.41) is 9.63. The lowest BCUT2D eigenvalue weighted by Crippen LogP contribution is -2.41. The molecule has 1 saturated heterocycles. The van der Waals surface area contributed by atoms with Crippen LogP contribution in [0.5, 0.6) is 0 Å². The quantitative estimate of drug-likeness (QED) is 0.600. The molecule has 1 atom stereocenters. The van der Waals surface area contributed by atoms with Crippen molar-refractivity contribution in [2.45, 2.75) is 13.0 Å². The van der Waals surface area contributed by atoms with Gasteiger partial charge in [0.05, 0.1) is 25.8 Å². The smallest absolute Gasteiger partial charge is 0.448 e. The van der Waals surface area contributed by atoms with Gasteiger partial charge in [0.1, 0.15) is 0 Å². The molecule has 0 aromatic carbocycles. The van der Waals surface area contributed by atoms with E-state index in [2.05, 4.69) is 4.84 Å². The average Bonchev–Trinajstić information content (AvgIpc) is 1.85. The number of carboxylic acid groups (broad SMARTS) is 1. The van der Waals surface area contributed by atoms with Crippen molar-refractivity contribution in [3.63, 3.8) is 0 Å². The first-order valence-electron chi connectivity index (χ1n) is 3.46. The summed E-state index contributed by atoms with van der Waals surface area (Å²) in [7, 11) is 0. The zero-order valence-corrected chi connectivity index (χ0v) is 6.32. The van der Waals surface area contributed by atoms with Crippen LogP contribution >= 0.6 is 0 Å². The van der Waals surface area contributed by atoms with E-state index in [4.69, 9.17) is 9.84 Å². The Morgan fingerprint density at radius 1 is 1.82 bits per heavy atom. The van der Waals surface area contributed by atoms with Gasteiger partial charge in [0, 0.05) is 0 Å². The second-order valence-electron chi connectivity index (χ2n) is 2.43. The van der Waals surface area contributed by atoms with Crippen molar-refractivity contribution in [2.24, 2.45) is 0 Å². The molecule has 1 aliphatic rings. The molecule has 0 bridgehead atoms. The van der Waals surface area contributed by atoms with E-state index >= 15 is 0 Å². The van der Waals surface area contributed by atoms with Crippen LogP contribution in [0.1, 0.15) is 6.92 Å². The summed E-state index contributed by atoms with van der Waals surface area (Å²) in [5.41, 5.74) is 0. The molecule has 64 valence electrons. The molecular formula is C6H11NO4. The highest BCUT2D eigenvalue weighted by Crippen LogP contribution is 2.04. The number of hydroxylamine groups is 2. The van der Waals surface area contributed by atoms with Crippen LogP contribution in [0, 0.1) is 0 Å². The van der Waals surface area contributed by atoms with Crippen LogP contribution < -0.4 is 0 Å². The molecule has 1 aliphatic heterocycles. The van der Waals surface area contributed by atoms with E-state index in [1.165, 1.54) is 5.06 Å². The number of nitrogens with zero attached hydrogens (tertiary/aromatic N) is 1. The summed E-state index contributed by atoms with van der Waals surface area (Å²) in [6.45, 7) is 3.41. The van der Waals surface area contributed by atoms with Crippen LogP contribution in [0.3, 0.4) is 0 Å². The van der Waals surface area contributed by atoms with Crippen LogP contribution in [-0.2, 0) is 9.57 Å². The Labute approximate surface area is 64.5 Å². The first kappa shape index (κ1) is 8.29. The lowest BCUT2D eigenvalue weighted by atomic mass is 10.3. The molecule has 1 heterocycles. The molecule has 0 aromatic rings.